The van der Waals surface area contributed by atoms with Crippen molar-refractivity contribution in [3.05, 3.63) is 54.3 Å². The minimum absolute atomic E-state index is 0.00944. The summed E-state index contributed by atoms with van der Waals surface area (Å²) >= 11 is 0. The lowest BCUT2D eigenvalue weighted by molar-refractivity contribution is 0.287. The largest absolute Gasteiger partial charge is 0.497 e. The van der Waals surface area contributed by atoms with E-state index in [2.05, 4.69) is 4.72 Å². The van der Waals surface area contributed by atoms with Crippen LogP contribution in [0, 0.1) is 5.82 Å². The summed E-state index contributed by atoms with van der Waals surface area (Å²) in [7, 11) is -2.14. The van der Waals surface area contributed by atoms with Gasteiger partial charge in [-0.25, -0.2) is 17.5 Å². The first-order chi connectivity index (χ1) is 10.9. The van der Waals surface area contributed by atoms with Crippen LogP contribution in [0.5, 0.6) is 11.5 Å². The second kappa shape index (κ2) is 7.43. The van der Waals surface area contributed by atoms with Gasteiger partial charge in [-0.2, -0.15) is 0 Å². The van der Waals surface area contributed by atoms with Gasteiger partial charge < -0.3 is 9.47 Å². The summed E-state index contributed by atoms with van der Waals surface area (Å²) in [6.07, 6.45) is 0. The Morgan fingerprint density at radius 3 is 2.17 bits per heavy atom. The minimum atomic E-state index is -3.71. The Bertz CT molecular complexity index is 730. The fourth-order valence-corrected chi connectivity index (χ4v) is 3.10. The first kappa shape index (κ1) is 17.2. The molecule has 0 amide bonds. The summed E-state index contributed by atoms with van der Waals surface area (Å²) in [5, 5.41) is 0. The number of rotatable bonds is 7. The van der Waals surface area contributed by atoms with E-state index in [1.165, 1.54) is 12.1 Å². The predicted octanol–water partition coefficient (Wildman–Crippen LogP) is 2.58. The molecule has 0 unspecified atom stereocenters. The van der Waals surface area contributed by atoms with Crippen molar-refractivity contribution in [3.63, 3.8) is 0 Å². The lowest BCUT2D eigenvalue weighted by Gasteiger charge is -2.15. The van der Waals surface area contributed by atoms with E-state index in [1.54, 1.807) is 38.3 Å². The number of nitrogens with one attached hydrogen (secondary N) is 1. The van der Waals surface area contributed by atoms with Gasteiger partial charge in [0, 0.05) is 0 Å². The molecular weight excluding hydrogens is 321 g/mol. The molecule has 124 valence electrons. The summed E-state index contributed by atoms with van der Waals surface area (Å²) < 4.78 is 50.2. The van der Waals surface area contributed by atoms with E-state index in [9.17, 15) is 12.8 Å². The van der Waals surface area contributed by atoms with Gasteiger partial charge in [0.05, 0.1) is 18.0 Å². The number of ether oxygens (including phenoxy) is 2. The normalized spacial score (nSPS) is 12.7. The maximum Gasteiger partial charge on any atom is 0.240 e. The molecule has 0 aromatic heterocycles. The molecule has 0 radical (unpaired) electrons. The van der Waals surface area contributed by atoms with E-state index in [4.69, 9.17) is 9.47 Å². The molecule has 0 bridgehead atoms. The highest BCUT2D eigenvalue weighted by Crippen LogP contribution is 2.17. The average molecular weight is 339 g/mol. The number of hydrogen-bond acceptors (Lipinski definition) is 4. The van der Waals surface area contributed by atoms with E-state index in [0.717, 1.165) is 12.1 Å². The zero-order valence-corrected chi connectivity index (χ0v) is 13.6. The van der Waals surface area contributed by atoms with Crippen molar-refractivity contribution in [2.45, 2.75) is 17.9 Å². The molecule has 2 aromatic rings. The molecular formula is C16H18FNO4S. The van der Waals surface area contributed by atoms with Crippen LogP contribution in [0.25, 0.3) is 0 Å². The fraction of sp³-hybridized carbons (Fsp3) is 0.250. The smallest absolute Gasteiger partial charge is 0.240 e. The molecule has 2 aromatic carbocycles. The van der Waals surface area contributed by atoms with Crippen LogP contribution >= 0.6 is 0 Å². The Balaban J connectivity index is 1.92. The Hall–Kier alpha value is -2.12. The summed E-state index contributed by atoms with van der Waals surface area (Å²) in [6.45, 7) is 1.84. The van der Waals surface area contributed by atoms with Crippen LogP contribution in [0.2, 0.25) is 0 Å². The molecule has 0 heterocycles. The van der Waals surface area contributed by atoms with E-state index in [0.29, 0.717) is 11.5 Å². The number of methoxy groups -OCH3 is 1. The summed E-state index contributed by atoms with van der Waals surface area (Å²) in [4.78, 5) is 0.00944. The molecule has 0 aliphatic carbocycles. The number of sulfonamides is 1. The van der Waals surface area contributed by atoms with Crippen LogP contribution < -0.4 is 14.2 Å². The van der Waals surface area contributed by atoms with Crippen molar-refractivity contribution >= 4 is 10.0 Å². The third-order valence-corrected chi connectivity index (χ3v) is 4.65. The van der Waals surface area contributed by atoms with Crippen molar-refractivity contribution in [2.75, 3.05) is 13.7 Å². The molecule has 1 N–H and O–H groups in total. The quantitative estimate of drug-likeness (QED) is 0.842. The molecule has 0 spiro atoms. The zero-order valence-electron chi connectivity index (χ0n) is 12.8. The molecule has 1 atom stereocenters. The van der Waals surface area contributed by atoms with E-state index in [1.807, 2.05) is 0 Å². The molecule has 0 saturated carbocycles. The van der Waals surface area contributed by atoms with Crippen molar-refractivity contribution in [1.29, 1.82) is 0 Å². The Kier molecular flexibility index (Phi) is 5.57. The van der Waals surface area contributed by atoms with Gasteiger partial charge in [-0.1, -0.05) is 0 Å². The minimum Gasteiger partial charge on any atom is -0.497 e. The molecule has 2 rings (SSSR count). The van der Waals surface area contributed by atoms with Crippen molar-refractivity contribution in [2.24, 2.45) is 0 Å². The maximum absolute atomic E-state index is 12.9. The van der Waals surface area contributed by atoms with E-state index >= 15 is 0 Å². The van der Waals surface area contributed by atoms with Gasteiger partial charge in [-0.05, 0) is 55.5 Å². The van der Waals surface area contributed by atoms with E-state index < -0.39 is 21.9 Å². The second-order valence-corrected chi connectivity index (χ2v) is 6.68. The zero-order chi connectivity index (χ0) is 16.9. The summed E-state index contributed by atoms with van der Waals surface area (Å²) in [5.41, 5.74) is 0. The lowest BCUT2D eigenvalue weighted by Crippen LogP contribution is -2.36. The number of benzene rings is 2. The van der Waals surface area contributed by atoms with Gasteiger partial charge >= 0.3 is 0 Å². The molecule has 0 fully saturated rings. The lowest BCUT2D eigenvalue weighted by atomic mass is 10.3. The standard InChI is InChI=1S/C16H18FNO4S/c1-12(11-22-15-7-5-14(21-2)6-8-15)18-23(19,20)16-9-3-13(17)4-10-16/h3-10,12,18H,11H2,1-2H3/t12-/m0/s1. The predicted molar refractivity (Wildman–Crippen MR) is 84.7 cm³/mol. The molecule has 0 aliphatic rings. The average Bonchev–Trinajstić information content (AvgIpc) is 2.53. The Morgan fingerprint density at radius 1 is 1.04 bits per heavy atom. The van der Waals surface area contributed by atoms with Crippen LogP contribution in [-0.2, 0) is 10.0 Å². The van der Waals surface area contributed by atoms with Crippen molar-refractivity contribution in [3.8, 4) is 11.5 Å². The third kappa shape index (κ3) is 4.94. The van der Waals surface area contributed by atoms with Crippen LogP contribution in [0.3, 0.4) is 0 Å². The molecule has 0 saturated heterocycles. The Morgan fingerprint density at radius 2 is 1.61 bits per heavy atom. The van der Waals surface area contributed by atoms with Crippen LogP contribution in [0.15, 0.2) is 53.4 Å². The Labute approximate surface area is 135 Å². The first-order valence-corrected chi connectivity index (χ1v) is 8.44. The fourth-order valence-electron chi connectivity index (χ4n) is 1.87. The van der Waals surface area contributed by atoms with Crippen LogP contribution in [0.4, 0.5) is 4.39 Å². The summed E-state index contributed by atoms with van der Waals surface area (Å²) in [5.74, 6) is 0.834. The summed E-state index contributed by atoms with van der Waals surface area (Å²) in [6, 6.07) is 11.2. The van der Waals surface area contributed by atoms with Gasteiger partial charge in [0.15, 0.2) is 0 Å². The van der Waals surface area contributed by atoms with Gasteiger partial charge in [0.2, 0.25) is 10.0 Å². The van der Waals surface area contributed by atoms with Gasteiger partial charge in [-0.15, -0.1) is 0 Å². The molecule has 0 aliphatic heterocycles. The second-order valence-electron chi connectivity index (χ2n) is 4.96. The first-order valence-electron chi connectivity index (χ1n) is 6.95. The van der Waals surface area contributed by atoms with E-state index in [-0.39, 0.29) is 11.5 Å². The molecule has 23 heavy (non-hydrogen) atoms. The van der Waals surface area contributed by atoms with Crippen molar-refractivity contribution < 1.29 is 22.3 Å². The maximum atomic E-state index is 12.9. The van der Waals surface area contributed by atoms with Gasteiger partial charge in [0.1, 0.15) is 23.9 Å². The monoisotopic (exact) mass is 339 g/mol. The van der Waals surface area contributed by atoms with Crippen LogP contribution in [0.1, 0.15) is 6.92 Å². The van der Waals surface area contributed by atoms with Crippen molar-refractivity contribution in [1.82, 2.24) is 4.72 Å². The van der Waals surface area contributed by atoms with Gasteiger partial charge in [0.25, 0.3) is 0 Å². The topological polar surface area (TPSA) is 64.6 Å². The van der Waals surface area contributed by atoms with Gasteiger partial charge in [-0.3, -0.25) is 0 Å². The molecule has 7 heteroatoms. The number of hydrogen-bond donors (Lipinski definition) is 1. The van der Waals surface area contributed by atoms with Crippen LogP contribution in [-0.4, -0.2) is 28.2 Å². The number of halogens is 1. The third-order valence-electron chi connectivity index (χ3n) is 3.04. The molecule has 5 nitrogen and oxygen atoms in total. The SMILES string of the molecule is COc1ccc(OC[C@H](C)NS(=O)(=O)c2ccc(F)cc2)cc1. The highest BCUT2D eigenvalue weighted by Gasteiger charge is 2.17. The highest BCUT2D eigenvalue weighted by molar-refractivity contribution is 7.89. The highest BCUT2D eigenvalue weighted by atomic mass is 32.2.